The van der Waals surface area contributed by atoms with Gasteiger partial charge in [-0.1, -0.05) is 28.1 Å². The second kappa shape index (κ2) is 4.90. The van der Waals surface area contributed by atoms with E-state index in [1.165, 1.54) is 16.5 Å². The maximum absolute atomic E-state index is 5.57. The Morgan fingerprint density at radius 3 is 2.72 bits per heavy atom. The van der Waals surface area contributed by atoms with E-state index in [-0.39, 0.29) is 0 Å². The Labute approximate surface area is 115 Å². The Bertz CT molecular complexity index is 569. The summed E-state index contributed by atoms with van der Waals surface area (Å²) in [5.41, 5.74) is 1.17. The van der Waals surface area contributed by atoms with Gasteiger partial charge in [0.05, 0.1) is 12.1 Å². The highest BCUT2D eigenvalue weighted by Crippen LogP contribution is 2.25. The summed E-state index contributed by atoms with van der Waals surface area (Å²) < 4.78 is 6.69. The molecular weight excluding hydrogens is 290 g/mol. The van der Waals surface area contributed by atoms with Crippen LogP contribution in [-0.2, 0) is 4.74 Å². The number of hydrogen-bond acceptors (Lipinski definition) is 2. The van der Waals surface area contributed by atoms with Gasteiger partial charge in [-0.2, -0.15) is 0 Å². The van der Waals surface area contributed by atoms with Crippen molar-refractivity contribution >= 4 is 32.4 Å². The molecule has 1 heterocycles. The van der Waals surface area contributed by atoms with Gasteiger partial charge in [-0.05, 0) is 48.4 Å². The van der Waals surface area contributed by atoms with Crippen molar-refractivity contribution in [2.24, 2.45) is 0 Å². The van der Waals surface area contributed by atoms with Crippen LogP contribution in [0.5, 0.6) is 0 Å². The van der Waals surface area contributed by atoms with E-state index in [9.17, 15) is 0 Å². The van der Waals surface area contributed by atoms with Crippen LogP contribution in [0, 0.1) is 0 Å². The number of halogens is 1. The molecule has 0 saturated carbocycles. The van der Waals surface area contributed by atoms with Gasteiger partial charge in [0.25, 0.3) is 0 Å². The molecule has 0 amide bonds. The molecule has 0 bridgehead atoms. The molecule has 2 unspecified atom stereocenters. The molecule has 3 rings (SSSR count). The van der Waals surface area contributed by atoms with Gasteiger partial charge in [0.2, 0.25) is 0 Å². The van der Waals surface area contributed by atoms with Gasteiger partial charge in [0.1, 0.15) is 0 Å². The average molecular weight is 306 g/mol. The van der Waals surface area contributed by atoms with Gasteiger partial charge in [-0.25, -0.2) is 0 Å². The zero-order valence-electron chi connectivity index (χ0n) is 10.3. The van der Waals surface area contributed by atoms with Crippen molar-refractivity contribution in [3.05, 3.63) is 40.9 Å². The predicted molar refractivity (Wildman–Crippen MR) is 79.1 cm³/mol. The normalized spacial score (nSPS) is 23.4. The molecule has 0 radical (unpaired) electrons. The summed E-state index contributed by atoms with van der Waals surface area (Å²) in [6.45, 7) is 2.99. The molecule has 2 aromatic carbocycles. The van der Waals surface area contributed by atoms with E-state index in [2.05, 4.69) is 64.6 Å². The van der Waals surface area contributed by atoms with Crippen molar-refractivity contribution in [3.63, 3.8) is 0 Å². The second-order valence-corrected chi connectivity index (χ2v) is 5.74. The summed E-state index contributed by atoms with van der Waals surface area (Å²) >= 11 is 3.50. The average Bonchev–Trinajstić information content (AvgIpc) is 2.75. The Kier molecular flexibility index (Phi) is 3.27. The number of fused-ring (bicyclic) bond motifs is 1. The highest BCUT2D eigenvalue weighted by molar-refractivity contribution is 9.10. The van der Waals surface area contributed by atoms with Crippen LogP contribution in [0.2, 0.25) is 0 Å². The summed E-state index contributed by atoms with van der Waals surface area (Å²) in [5.74, 6) is 0. The molecule has 1 N–H and O–H groups in total. The molecule has 1 aliphatic rings. The first-order valence-corrected chi connectivity index (χ1v) is 7.09. The van der Waals surface area contributed by atoms with Crippen molar-refractivity contribution in [2.75, 3.05) is 11.9 Å². The van der Waals surface area contributed by atoms with Gasteiger partial charge in [0.15, 0.2) is 0 Å². The summed E-state index contributed by atoms with van der Waals surface area (Å²) in [4.78, 5) is 0. The maximum Gasteiger partial charge on any atom is 0.0748 e. The molecule has 1 aliphatic heterocycles. The topological polar surface area (TPSA) is 21.3 Å². The third-order valence-corrected chi connectivity index (χ3v) is 4.02. The SMILES string of the molecule is CC1OCCC1Nc1ccc2cc(Br)ccc2c1. The number of nitrogens with one attached hydrogen (secondary N) is 1. The third-order valence-electron chi connectivity index (χ3n) is 3.53. The van der Waals surface area contributed by atoms with Crippen LogP contribution >= 0.6 is 15.9 Å². The Morgan fingerprint density at radius 2 is 1.94 bits per heavy atom. The van der Waals surface area contributed by atoms with E-state index in [4.69, 9.17) is 4.74 Å². The molecule has 3 heteroatoms. The maximum atomic E-state index is 5.57. The third kappa shape index (κ3) is 2.38. The molecule has 0 spiro atoms. The zero-order chi connectivity index (χ0) is 12.5. The van der Waals surface area contributed by atoms with Crippen molar-refractivity contribution in [2.45, 2.75) is 25.5 Å². The van der Waals surface area contributed by atoms with Crippen LogP contribution in [0.25, 0.3) is 10.8 Å². The van der Waals surface area contributed by atoms with Crippen LogP contribution in [0.15, 0.2) is 40.9 Å². The van der Waals surface area contributed by atoms with E-state index in [1.807, 2.05) is 0 Å². The Balaban J connectivity index is 1.86. The molecular formula is C15H16BrNO. The fourth-order valence-electron chi connectivity index (χ4n) is 2.44. The molecule has 1 fully saturated rings. The standard InChI is InChI=1S/C15H16BrNO/c1-10-15(6-7-18-10)17-14-5-3-11-8-13(16)4-2-12(11)9-14/h2-5,8-10,15,17H,6-7H2,1H3. The largest absolute Gasteiger partial charge is 0.380 e. The van der Waals surface area contributed by atoms with Crippen LogP contribution in [0.3, 0.4) is 0 Å². The lowest BCUT2D eigenvalue weighted by Crippen LogP contribution is -2.26. The molecule has 2 aromatic rings. The van der Waals surface area contributed by atoms with Gasteiger partial charge < -0.3 is 10.1 Å². The number of anilines is 1. The first kappa shape index (κ1) is 12.0. The lowest BCUT2D eigenvalue weighted by atomic mass is 10.1. The number of hydrogen-bond donors (Lipinski definition) is 1. The molecule has 2 atom stereocenters. The fraction of sp³-hybridized carbons (Fsp3) is 0.333. The Hall–Kier alpha value is -1.06. The molecule has 2 nitrogen and oxygen atoms in total. The summed E-state index contributed by atoms with van der Waals surface area (Å²) in [5, 5.41) is 6.07. The smallest absolute Gasteiger partial charge is 0.0748 e. The lowest BCUT2D eigenvalue weighted by molar-refractivity contribution is 0.121. The molecule has 18 heavy (non-hydrogen) atoms. The first-order valence-electron chi connectivity index (χ1n) is 6.30. The van der Waals surface area contributed by atoms with Crippen molar-refractivity contribution < 1.29 is 4.74 Å². The van der Waals surface area contributed by atoms with Crippen molar-refractivity contribution in [3.8, 4) is 0 Å². The molecule has 94 valence electrons. The summed E-state index contributed by atoms with van der Waals surface area (Å²) in [7, 11) is 0. The predicted octanol–water partition coefficient (Wildman–Crippen LogP) is 4.19. The Morgan fingerprint density at radius 1 is 1.17 bits per heavy atom. The van der Waals surface area contributed by atoms with Gasteiger partial charge in [0, 0.05) is 16.8 Å². The molecule has 0 aliphatic carbocycles. The van der Waals surface area contributed by atoms with Crippen LogP contribution in [0.1, 0.15) is 13.3 Å². The van der Waals surface area contributed by atoms with Gasteiger partial charge in [-0.3, -0.25) is 0 Å². The highest BCUT2D eigenvalue weighted by Gasteiger charge is 2.23. The first-order chi connectivity index (χ1) is 8.72. The minimum absolute atomic E-state index is 0.297. The van der Waals surface area contributed by atoms with E-state index >= 15 is 0 Å². The van der Waals surface area contributed by atoms with E-state index in [0.29, 0.717) is 12.1 Å². The molecule has 0 aromatic heterocycles. The highest BCUT2D eigenvalue weighted by atomic mass is 79.9. The minimum Gasteiger partial charge on any atom is -0.380 e. The fourth-order valence-corrected chi connectivity index (χ4v) is 2.82. The summed E-state index contributed by atoms with van der Waals surface area (Å²) in [6, 6.07) is 13.3. The van der Waals surface area contributed by atoms with Crippen LogP contribution in [0.4, 0.5) is 5.69 Å². The number of benzene rings is 2. The van der Waals surface area contributed by atoms with Gasteiger partial charge in [-0.15, -0.1) is 0 Å². The van der Waals surface area contributed by atoms with Crippen molar-refractivity contribution in [1.29, 1.82) is 0 Å². The second-order valence-electron chi connectivity index (χ2n) is 4.82. The number of ether oxygens (including phenoxy) is 1. The zero-order valence-corrected chi connectivity index (χ0v) is 11.9. The van der Waals surface area contributed by atoms with E-state index in [1.54, 1.807) is 0 Å². The number of rotatable bonds is 2. The van der Waals surface area contributed by atoms with Crippen molar-refractivity contribution in [1.82, 2.24) is 0 Å². The van der Waals surface area contributed by atoms with Crippen LogP contribution < -0.4 is 5.32 Å². The molecule has 1 saturated heterocycles. The lowest BCUT2D eigenvalue weighted by Gasteiger charge is -2.17. The van der Waals surface area contributed by atoms with E-state index < -0.39 is 0 Å². The summed E-state index contributed by atoms with van der Waals surface area (Å²) in [6.07, 6.45) is 1.38. The quantitative estimate of drug-likeness (QED) is 0.898. The van der Waals surface area contributed by atoms with E-state index in [0.717, 1.165) is 17.5 Å². The monoisotopic (exact) mass is 305 g/mol. The van der Waals surface area contributed by atoms with Crippen LogP contribution in [-0.4, -0.2) is 18.8 Å². The van der Waals surface area contributed by atoms with Gasteiger partial charge >= 0.3 is 0 Å². The minimum atomic E-state index is 0.297.